The van der Waals surface area contributed by atoms with Gasteiger partial charge in [-0.15, -0.1) is 0 Å². The molecular formula is C30H40F5N3O5. The average Bonchev–Trinajstić information content (AvgIpc) is 2.93. The molecule has 4 N–H and O–H groups in total. The van der Waals surface area contributed by atoms with Crippen LogP contribution >= 0.6 is 0 Å². The van der Waals surface area contributed by atoms with Crippen LogP contribution < -0.4 is 10.6 Å². The van der Waals surface area contributed by atoms with E-state index in [2.05, 4.69) is 5.32 Å². The fourth-order valence-electron chi connectivity index (χ4n) is 3.87. The fourth-order valence-corrected chi connectivity index (χ4v) is 3.87. The van der Waals surface area contributed by atoms with Crippen molar-refractivity contribution < 1.29 is 46.5 Å². The van der Waals surface area contributed by atoms with E-state index in [1.807, 2.05) is 13.8 Å². The van der Waals surface area contributed by atoms with Crippen molar-refractivity contribution in [1.82, 2.24) is 15.5 Å². The smallest absolute Gasteiger partial charge is 0.405 e. The summed E-state index contributed by atoms with van der Waals surface area (Å²) in [5.74, 6) is -8.58. The average molecular weight is 618 g/mol. The van der Waals surface area contributed by atoms with Crippen LogP contribution in [0, 0.1) is 19.8 Å². The lowest BCUT2D eigenvalue weighted by atomic mass is 9.98. The first-order valence-corrected chi connectivity index (χ1v) is 13.7. The number of phenolic OH excluding ortho intramolecular Hbond substituents is 1. The number of nitrogens with zero attached hydrogens (tertiary/aromatic N) is 1. The molecule has 0 aliphatic heterocycles. The molecule has 0 bridgehead atoms. The number of nitrogens with one attached hydrogen (secondary N) is 2. The van der Waals surface area contributed by atoms with Crippen molar-refractivity contribution >= 4 is 17.7 Å². The second kappa shape index (κ2) is 16.2. The molecule has 0 aliphatic carbocycles. The highest BCUT2D eigenvalue weighted by atomic mass is 19.4. The first-order valence-electron chi connectivity index (χ1n) is 13.7. The summed E-state index contributed by atoms with van der Waals surface area (Å²) >= 11 is 0. The number of hydrogen-bond donors (Lipinski definition) is 4. The van der Waals surface area contributed by atoms with Crippen molar-refractivity contribution in [1.29, 1.82) is 0 Å². The Morgan fingerprint density at radius 2 is 1.56 bits per heavy atom. The molecule has 240 valence electrons. The van der Waals surface area contributed by atoms with Crippen molar-refractivity contribution in [2.45, 2.75) is 72.2 Å². The van der Waals surface area contributed by atoms with Gasteiger partial charge in [-0.2, -0.15) is 13.2 Å². The Morgan fingerprint density at radius 3 is 2.09 bits per heavy atom. The Morgan fingerprint density at radius 1 is 0.977 bits per heavy atom. The summed E-state index contributed by atoms with van der Waals surface area (Å²) in [5, 5.41) is 25.2. The molecule has 2 unspecified atom stereocenters. The molecule has 13 heteroatoms. The Labute approximate surface area is 248 Å². The zero-order valence-electron chi connectivity index (χ0n) is 25.1. The lowest BCUT2D eigenvalue weighted by Gasteiger charge is -2.33. The molecule has 8 nitrogen and oxygen atoms in total. The van der Waals surface area contributed by atoms with E-state index in [0.717, 1.165) is 13.8 Å². The van der Waals surface area contributed by atoms with Crippen LogP contribution in [-0.2, 0) is 16.0 Å². The number of aryl methyl sites for hydroxylation is 1. The Balaban J connectivity index is 0.00000452. The molecule has 0 spiro atoms. The van der Waals surface area contributed by atoms with Gasteiger partial charge in [0.05, 0.1) is 19.1 Å². The summed E-state index contributed by atoms with van der Waals surface area (Å²) in [7, 11) is 0. The van der Waals surface area contributed by atoms with Gasteiger partial charge < -0.3 is 25.7 Å². The maximum Gasteiger partial charge on any atom is 0.405 e. The number of aliphatic hydroxyl groups excluding tert-OH is 1. The molecule has 0 fully saturated rings. The van der Waals surface area contributed by atoms with Crippen molar-refractivity contribution in [2.75, 3.05) is 19.6 Å². The summed E-state index contributed by atoms with van der Waals surface area (Å²) < 4.78 is 67.0. The fraction of sp³-hybridized carbons (Fsp3) is 0.500. The van der Waals surface area contributed by atoms with Crippen molar-refractivity contribution in [3.8, 4) is 5.75 Å². The highest BCUT2D eigenvalue weighted by Gasteiger charge is 2.41. The second-order valence-electron chi connectivity index (χ2n) is 10.2. The standard InChI is InChI=1S/C28H34F5N3O5.C2H6/c1-16(2)27(29,30)15-36(13-23(38)34-14-28(31,32)33)26(41)24(39)21(12-19-8-6-5-7-9-19)35-25(40)20-10-17(3)11-22(37)18(20)4;1-2/h5-11,16,21,24,37,39H,12-15H2,1-4H3,(H,34,38)(H,35,40);1-2H3. The van der Waals surface area contributed by atoms with E-state index < -0.39 is 67.5 Å². The molecular weight excluding hydrogens is 577 g/mol. The summed E-state index contributed by atoms with van der Waals surface area (Å²) in [6, 6.07) is 9.78. The van der Waals surface area contributed by atoms with Gasteiger partial charge >= 0.3 is 6.18 Å². The Bertz CT molecular complexity index is 1220. The van der Waals surface area contributed by atoms with Gasteiger partial charge in [0.15, 0.2) is 6.10 Å². The van der Waals surface area contributed by atoms with Gasteiger partial charge in [0.25, 0.3) is 17.7 Å². The Hall–Kier alpha value is -3.74. The maximum atomic E-state index is 14.7. The van der Waals surface area contributed by atoms with Gasteiger partial charge in [0.1, 0.15) is 12.3 Å². The number of phenols is 1. The monoisotopic (exact) mass is 617 g/mol. The highest BCUT2D eigenvalue weighted by molar-refractivity contribution is 5.97. The number of aliphatic hydroxyl groups is 1. The molecule has 0 radical (unpaired) electrons. The molecule has 0 aliphatic rings. The number of carbonyl (C=O) groups excluding carboxylic acids is 3. The highest BCUT2D eigenvalue weighted by Crippen LogP contribution is 2.26. The third-order valence-electron chi connectivity index (χ3n) is 6.40. The van der Waals surface area contributed by atoms with Crippen molar-refractivity contribution in [2.24, 2.45) is 5.92 Å². The zero-order chi connectivity index (χ0) is 33.1. The van der Waals surface area contributed by atoms with E-state index >= 15 is 0 Å². The molecule has 2 aromatic rings. The van der Waals surface area contributed by atoms with E-state index in [0.29, 0.717) is 11.1 Å². The molecule has 3 amide bonds. The summed E-state index contributed by atoms with van der Waals surface area (Å²) in [6.45, 7) is 5.12. The lowest BCUT2D eigenvalue weighted by Crippen LogP contribution is -2.56. The number of benzene rings is 2. The van der Waals surface area contributed by atoms with Crippen LogP contribution in [-0.4, -0.2) is 76.7 Å². The second-order valence-corrected chi connectivity index (χ2v) is 10.2. The van der Waals surface area contributed by atoms with Crippen molar-refractivity contribution in [3.05, 3.63) is 64.7 Å². The van der Waals surface area contributed by atoms with E-state index in [9.17, 15) is 46.5 Å². The summed E-state index contributed by atoms with van der Waals surface area (Å²) in [6.07, 6.45) is -7.10. The van der Waals surface area contributed by atoms with Crippen LogP contribution in [0.1, 0.15) is 54.7 Å². The molecule has 43 heavy (non-hydrogen) atoms. The predicted molar refractivity (Wildman–Crippen MR) is 152 cm³/mol. The van der Waals surface area contributed by atoms with Crippen LogP contribution in [0.25, 0.3) is 0 Å². The number of rotatable bonds is 12. The minimum atomic E-state index is -4.78. The molecule has 2 aromatic carbocycles. The van der Waals surface area contributed by atoms with Crippen LogP contribution in [0.2, 0.25) is 0 Å². The van der Waals surface area contributed by atoms with Gasteiger partial charge in [-0.25, -0.2) is 8.78 Å². The number of hydrogen-bond acceptors (Lipinski definition) is 5. The minimum absolute atomic E-state index is 0.0370. The third kappa shape index (κ3) is 11.8. The third-order valence-corrected chi connectivity index (χ3v) is 6.40. The van der Waals surface area contributed by atoms with E-state index in [1.54, 1.807) is 37.3 Å². The first kappa shape index (κ1) is 37.3. The number of amides is 3. The molecule has 0 saturated carbocycles. The predicted octanol–water partition coefficient (Wildman–Crippen LogP) is 4.54. The van der Waals surface area contributed by atoms with Gasteiger partial charge in [-0.1, -0.05) is 58.0 Å². The van der Waals surface area contributed by atoms with Gasteiger partial charge in [0.2, 0.25) is 5.91 Å². The van der Waals surface area contributed by atoms with Gasteiger partial charge in [-0.3, -0.25) is 14.4 Å². The van der Waals surface area contributed by atoms with Crippen molar-refractivity contribution in [3.63, 3.8) is 0 Å². The normalized spacial score (nSPS) is 13.0. The number of carbonyl (C=O) groups is 3. The Kier molecular flexibility index (Phi) is 14.0. The molecule has 2 atom stereocenters. The largest absolute Gasteiger partial charge is 0.508 e. The van der Waals surface area contributed by atoms with Crippen LogP contribution in [0.15, 0.2) is 42.5 Å². The van der Waals surface area contributed by atoms with Crippen LogP contribution in [0.4, 0.5) is 22.0 Å². The molecule has 0 saturated heterocycles. The quantitative estimate of drug-likeness (QED) is 0.261. The SMILES string of the molecule is CC.Cc1cc(O)c(C)c(C(=O)NC(Cc2ccccc2)C(O)C(=O)N(CC(=O)NCC(F)(F)F)CC(F)(F)C(C)C)c1. The van der Waals surface area contributed by atoms with Crippen LogP contribution in [0.5, 0.6) is 5.75 Å². The first-order chi connectivity index (χ1) is 19.9. The van der Waals surface area contributed by atoms with E-state index in [-0.39, 0.29) is 28.2 Å². The van der Waals surface area contributed by atoms with Gasteiger partial charge in [-0.05, 0) is 43.5 Å². The minimum Gasteiger partial charge on any atom is -0.508 e. The lowest BCUT2D eigenvalue weighted by molar-refractivity contribution is -0.153. The zero-order valence-corrected chi connectivity index (χ0v) is 25.1. The maximum absolute atomic E-state index is 14.7. The van der Waals surface area contributed by atoms with E-state index in [4.69, 9.17) is 0 Å². The molecule has 2 rings (SSSR count). The molecule has 0 aromatic heterocycles. The van der Waals surface area contributed by atoms with Gasteiger partial charge in [0, 0.05) is 17.0 Å². The summed E-state index contributed by atoms with van der Waals surface area (Å²) in [4.78, 5) is 39.0. The van der Waals surface area contributed by atoms with E-state index in [1.165, 1.54) is 24.4 Å². The number of alkyl halides is 5. The van der Waals surface area contributed by atoms with Crippen LogP contribution in [0.3, 0.4) is 0 Å². The molecule has 0 heterocycles. The summed E-state index contributed by atoms with van der Waals surface area (Å²) in [5.41, 5.74) is 1.35. The number of halogens is 5. The topological polar surface area (TPSA) is 119 Å². The number of aromatic hydroxyl groups is 1.